The maximum atomic E-state index is 9.27. The molecule has 2 saturated heterocycles. The molecule has 0 aliphatic carbocycles. The van der Waals surface area contributed by atoms with Gasteiger partial charge in [0.2, 0.25) is 5.13 Å². The van der Waals surface area contributed by atoms with E-state index in [0.717, 1.165) is 56.4 Å². The molecule has 6 rings (SSSR count). The monoisotopic (exact) mass is 444 g/mol. The Kier molecular flexibility index (Phi) is 4.52. The van der Waals surface area contributed by atoms with Gasteiger partial charge in [0.15, 0.2) is 5.01 Å². The fraction of sp³-hybridized carbons (Fsp3) is 0.391. The van der Waals surface area contributed by atoms with Crippen LogP contribution in [-0.2, 0) is 0 Å². The van der Waals surface area contributed by atoms with Gasteiger partial charge < -0.3 is 20.5 Å². The van der Waals surface area contributed by atoms with Gasteiger partial charge in [-0.1, -0.05) is 11.3 Å². The van der Waals surface area contributed by atoms with Gasteiger partial charge in [-0.25, -0.2) is 0 Å². The first-order valence-corrected chi connectivity index (χ1v) is 11.9. The average Bonchev–Trinajstić information content (AvgIpc) is 3.50. The highest BCUT2D eigenvalue weighted by molar-refractivity contribution is 7.18. The van der Waals surface area contributed by atoms with Crippen molar-refractivity contribution < 1.29 is 0 Å². The van der Waals surface area contributed by atoms with Gasteiger partial charge in [-0.2, -0.15) is 5.26 Å². The zero-order valence-corrected chi connectivity index (χ0v) is 18.8. The highest BCUT2D eigenvalue weighted by atomic mass is 32.1. The predicted molar refractivity (Wildman–Crippen MR) is 128 cm³/mol. The van der Waals surface area contributed by atoms with Crippen molar-refractivity contribution in [1.29, 1.82) is 5.26 Å². The van der Waals surface area contributed by atoms with E-state index in [9.17, 15) is 5.26 Å². The summed E-state index contributed by atoms with van der Waals surface area (Å²) in [5, 5.41) is 28.5. The van der Waals surface area contributed by atoms with Crippen LogP contribution >= 0.6 is 11.3 Å². The molecule has 2 aliphatic rings. The number of fused-ring (bicyclic) bond motifs is 5. The Morgan fingerprint density at radius 3 is 2.78 bits per heavy atom. The number of hydrogen-bond acceptors (Lipinski definition) is 8. The minimum Gasteiger partial charge on any atom is -0.381 e. The number of rotatable bonds is 4. The minimum atomic E-state index is 0.233. The van der Waals surface area contributed by atoms with Crippen LogP contribution in [0.3, 0.4) is 0 Å². The van der Waals surface area contributed by atoms with Crippen molar-refractivity contribution in [2.45, 2.75) is 44.8 Å². The first-order valence-electron chi connectivity index (χ1n) is 11.0. The van der Waals surface area contributed by atoms with Crippen LogP contribution < -0.4 is 15.5 Å². The Hall–Kier alpha value is -3.22. The molecule has 4 aromatic rings. The van der Waals surface area contributed by atoms with Crippen molar-refractivity contribution in [2.24, 2.45) is 0 Å². The third kappa shape index (κ3) is 3.18. The van der Waals surface area contributed by atoms with E-state index in [1.54, 1.807) is 11.3 Å². The molecule has 3 aromatic heterocycles. The summed E-state index contributed by atoms with van der Waals surface area (Å²) in [7, 11) is 0. The topological polar surface area (TPSA) is 106 Å². The van der Waals surface area contributed by atoms with Crippen LogP contribution in [0.4, 0.5) is 10.8 Å². The lowest BCUT2D eigenvalue weighted by Crippen LogP contribution is -2.51. The van der Waals surface area contributed by atoms with Gasteiger partial charge >= 0.3 is 0 Å². The molecule has 0 amide bonds. The third-order valence-electron chi connectivity index (χ3n) is 6.31. The standard InChI is InChI=1S/C23H24N8S/c1-12(2)26-20-17(9-25-19-16-6-3-13(8-24)7-18(16)28-21(19)20)22-29-30-23(32-22)31-10-14-4-5-15(11-31)27-14/h3,6-7,9,12,14-15,27-28H,4-5,10-11H2,1-2H3,(H,25,26). The first-order chi connectivity index (χ1) is 15.6. The van der Waals surface area contributed by atoms with E-state index >= 15 is 0 Å². The van der Waals surface area contributed by atoms with Crippen LogP contribution in [-0.4, -0.2) is 51.4 Å². The number of H-pyrrole nitrogens is 1. The van der Waals surface area contributed by atoms with E-state index in [-0.39, 0.29) is 6.04 Å². The minimum absolute atomic E-state index is 0.233. The fourth-order valence-electron chi connectivity index (χ4n) is 4.90. The second kappa shape index (κ2) is 7.43. The van der Waals surface area contributed by atoms with E-state index in [1.165, 1.54) is 12.8 Å². The average molecular weight is 445 g/mol. The number of piperazine rings is 1. The molecule has 2 unspecified atom stereocenters. The largest absolute Gasteiger partial charge is 0.381 e. The zero-order chi connectivity index (χ0) is 21.8. The van der Waals surface area contributed by atoms with E-state index in [2.05, 4.69) is 50.6 Å². The molecule has 2 atom stereocenters. The number of aromatic amines is 1. The lowest BCUT2D eigenvalue weighted by Gasteiger charge is -2.32. The maximum Gasteiger partial charge on any atom is 0.208 e. The summed E-state index contributed by atoms with van der Waals surface area (Å²) in [4.78, 5) is 10.6. The number of nitriles is 1. The van der Waals surface area contributed by atoms with Crippen LogP contribution in [0.5, 0.6) is 0 Å². The predicted octanol–water partition coefficient (Wildman–Crippen LogP) is 3.87. The van der Waals surface area contributed by atoms with Crippen molar-refractivity contribution in [3.05, 3.63) is 30.0 Å². The molecule has 3 N–H and O–H groups in total. The van der Waals surface area contributed by atoms with Gasteiger partial charge in [0.1, 0.15) is 0 Å². The number of aromatic nitrogens is 4. The Bertz CT molecular complexity index is 1350. The molecule has 162 valence electrons. The van der Waals surface area contributed by atoms with Crippen molar-refractivity contribution in [3.63, 3.8) is 0 Å². The zero-order valence-electron chi connectivity index (χ0n) is 18.0. The summed E-state index contributed by atoms with van der Waals surface area (Å²) in [6, 6.07) is 9.22. The Balaban J connectivity index is 1.45. The summed E-state index contributed by atoms with van der Waals surface area (Å²) in [6.07, 6.45) is 4.37. The van der Waals surface area contributed by atoms with Crippen molar-refractivity contribution in [3.8, 4) is 16.6 Å². The highest BCUT2D eigenvalue weighted by Gasteiger charge is 2.33. The van der Waals surface area contributed by atoms with Crippen LogP contribution in [0, 0.1) is 11.3 Å². The molecule has 5 heterocycles. The lowest BCUT2D eigenvalue weighted by atomic mass is 10.1. The molecule has 0 saturated carbocycles. The van der Waals surface area contributed by atoms with E-state index < -0.39 is 0 Å². The van der Waals surface area contributed by atoms with Crippen molar-refractivity contribution in [2.75, 3.05) is 23.3 Å². The Morgan fingerprint density at radius 2 is 2.03 bits per heavy atom. The van der Waals surface area contributed by atoms with Crippen LogP contribution in [0.2, 0.25) is 0 Å². The Morgan fingerprint density at radius 1 is 1.22 bits per heavy atom. The quantitative estimate of drug-likeness (QED) is 0.439. The molecule has 0 spiro atoms. The summed E-state index contributed by atoms with van der Waals surface area (Å²) in [5.74, 6) is 0. The molecule has 9 heteroatoms. The summed E-state index contributed by atoms with van der Waals surface area (Å²) in [5.41, 5.74) is 5.27. The third-order valence-corrected chi connectivity index (χ3v) is 7.32. The number of benzene rings is 1. The fourth-order valence-corrected chi connectivity index (χ4v) is 5.78. The normalized spacial score (nSPS) is 20.4. The number of anilines is 2. The van der Waals surface area contributed by atoms with E-state index in [4.69, 9.17) is 4.98 Å². The smallest absolute Gasteiger partial charge is 0.208 e. The molecule has 2 bridgehead atoms. The number of nitrogens with one attached hydrogen (secondary N) is 3. The van der Waals surface area contributed by atoms with Crippen molar-refractivity contribution >= 4 is 44.1 Å². The maximum absolute atomic E-state index is 9.27. The first kappa shape index (κ1) is 19.5. The molecular formula is C23H24N8S. The van der Waals surface area contributed by atoms with E-state index in [1.807, 2.05) is 24.4 Å². The molecule has 0 radical (unpaired) electrons. The SMILES string of the molecule is CC(C)Nc1c(-c2nnc(N3CC4CCC(C3)N4)s2)cnc2c1[nH]c1cc(C#N)ccc12. The second-order valence-electron chi connectivity index (χ2n) is 9.00. The summed E-state index contributed by atoms with van der Waals surface area (Å²) in [6.45, 7) is 6.22. The second-order valence-corrected chi connectivity index (χ2v) is 9.96. The molecular weight excluding hydrogens is 420 g/mol. The molecule has 32 heavy (non-hydrogen) atoms. The Labute approximate surface area is 189 Å². The summed E-state index contributed by atoms with van der Waals surface area (Å²) < 4.78 is 0. The van der Waals surface area contributed by atoms with E-state index in [0.29, 0.717) is 17.6 Å². The molecule has 2 fully saturated rings. The van der Waals surface area contributed by atoms with Crippen LogP contribution in [0.25, 0.3) is 32.5 Å². The van der Waals surface area contributed by atoms with Gasteiger partial charge in [0.05, 0.1) is 33.9 Å². The molecule has 1 aromatic carbocycles. The van der Waals surface area contributed by atoms with Gasteiger partial charge in [0, 0.05) is 48.3 Å². The van der Waals surface area contributed by atoms with Crippen LogP contribution in [0.1, 0.15) is 32.3 Å². The highest BCUT2D eigenvalue weighted by Crippen LogP contribution is 2.39. The molecule has 8 nitrogen and oxygen atoms in total. The summed E-state index contributed by atoms with van der Waals surface area (Å²) >= 11 is 1.63. The molecule has 2 aliphatic heterocycles. The van der Waals surface area contributed by atoms with Gasteiger partial charge in [0.25, 0.3) is 0 Å². The van der Waals surface area contributed by atoms with Crippen LogP contribution in [0.15, 0.2) is 24.4 Å². The van der Waals surface area contributed by atoms with Gasteiger partial charge in [-0.15, -0.1) is 10.2 Å². The lowest BCUT2D eigenvalue weighted by molar-refractivity contribution is 0.465. The van der Waals surface area contributed by atoms with Crippen molar-refractivity contribution in [1.82, 2.24) is 25.5 Å². The number of hydrogen-bond donors (Lipinski definition) is 3. The number of nitrogens with zero attached hydrogens (tertiary/aromatic N) is 5. The van der Waals surface area contributed by atoms with Gasteiger partial charge in [-0.05, 0) is 44.9 Å². The van der Waals surface area contributed by atoms with Gasteiger partial charge in [-0.3, -0.25) is 4.98 Å². The number of pyridine rings is 1.